The van der Waals surface area contributed by atoms with Gasteiger partial charge in [0.25, 0.3) is 0 Å². The van der Waals surface area contributed by atoms with E-state index >= 15 is 0 Å². The molecule has 2 amide bonds. The van der Waals surface area contributed by atoms with Crippen molar-refractivity contribution in [3.05, 3.63) is 44.5 Å². The molecule has 0 unspecified atom stereocenters. The molecule has 0 bridgehead atoms. The lowest BCUT2D eigenvalue weighted by Gasteiger charge is -2.20. The molecule has 6 N–H and O–H groups in total. The van der Waals surface area contributed by atoms with E-state index in [0.717, 1.165) is 0 Å². The number of nitrogens with one attached hydrogen (secondary N) is 2. The number of cyclic esters (lactones) is 2. The van der Waals surface area contributed by atoms with E-state index in [-0.39, 0.29) is 51.2 Å². The summed E-state index contributed by atoms with van der Waals surface area (Å²) < 4.78 is 35.9. The van der Waals surface area contributed by atoms with Crippen LogP contribution in [0.3, 0.4) is 0 Å². The van der Waals surface area contributed by atoms with Gasteiger partial charge in [0.2, 0.25) is 1.43 Å². The number of nitrogens with zero attached hydrogens (tertiary/aromatic N) is 4. The summed E-state index contributed by atoms with van der Waals surface area (Å²) in [6.07, 6.45) is -2.27. The zero-order valence-corrected chi connectivity index (χ0v) is 21.7. The maximum absolute atomic E-state index is 11.9. The Morgan fingerprint density at radius 2 is 1.44 bits per heavy atom. The minimum atomic E-state index is -0.844. The fourth-order valence-corrected chi connectivity index (χ4v) is 4.35. The first kappa shape index (κ1) is 27.2. The van der Waals surface area contributed by atoms with Crippen LogP contribution in [-0.2, 0) is 32.2 Å². The Labute approximate surface area is 234 Å². The summed E-state index contributed by atoms with van der Waals surface area (Å²) in [5.74, 6) is 0.345. The maximum Gasteiger partial charge on any atom is 0.413 e. The largest absolute Gasteiger partial charge is 0.444 e. The second-order valence-corrected chi connectivity index (χ2v) is 9.06. The third kappa shape index (κ3) is 6.53. The number of rotatable bonds is 3. The van der Waals surface area contributed by atoms with E-state index in [4.69, 9.17) is 26.9 Å². The van der Waals surface area contributed by atoms with E-state index in [0.29, 0.717) is 11.1 Å². The van der Waals surface area contributed by atoms with Crippen LogP contribution in [0.5, 0.6) is 0 Å². The average Bonchev–Trinajstić information content (AvgIpc) is 3.54. The van der Waals surface area contributed by atoms with Crippen LogP contribution in [0.25, 0.3) is 0 Å². The van der Waals surface area contributed by atoms with Crippen LogP contribution in [0.15, 0.2) is 22.0 Å². The Kier molecular flexibility index (Phi) is 8.44. The summed E-state index contributed by atoms with van der Waals surface area (Å²) in [6.45, 7) is -0.382. The first-order valence-corrected chi connectivity index (χ1v) is 12.3. The van der Waals surface area contributed by atoms with Crippen molar-refractivity contribution >= 4 is 23.8 Å². The molecule has 4 aliphatic heterocycles. The molecule has 0 aliphatic carbocycles. The number of hydrogen-bond acceptors (Lipinski definition) is 14. The Morgan fingerprint density at radius 1 is 0.951 bits per heavy atom. The normalized spacial score (nSPS) is 28.5. The highest BCUT2D eigenvalue weighted by Gasteiger charge is 2.36. The molecule has 2 fully saturated rings. The quantitative estimate of drug-likeness (QED) is 0.241. The van der Waals surface area contributed by atoms with E-state index < -0.39 is 60.4 Å². The Morgan fingerprint density at radius 3 is 1.88 bits per heavy atom. The molecule has 0 aromatic carbocycles. The third-order valence-electron chi connectivity index (χ3n) is 6.42. The Balaban J connectivity index is 0.000000181. The molecule has 18 nitrogen and oxygen atoms in total. The topological polar surface area (TPSA) is 246 Å². The van der Waals surface area contributed by atoms with Crippen molar-refractivity contribution in [3.63, 3.8) is 0 Å². The maximum atomic E-state index is 11.9. The number of hydrogen-bond donors (Lipinski definition) is 6. The smallest absolute Gasteiger partial charge is 0.413 e. The number of fused-ring (bicyclic) bond motifs is 2. The van der Waals surface area contributed by atoms with Gasteiger partial charge in [-0.25, -0.2) is 19.2 Å². The zero-order chi connectivity index (χ0) is 31.3. The van der Waals surface area contributed by atoms with E-state index in [1.165, 1.54) is 28.6 Å². The first-order chi connectivity index (χ1) is 20.6. The van der Waals surface area contributed by atoms with Crippen LogP contribution in [0.1, 0.15) is 44.7 Å². The molecule has 18 heteroatoms. The van der Waals surface area contributed by atoms with Gasteiger partial charge < -0.3 is 39.4 Å². The van der Waals surface area contributed by atoms with Crippen molar-refractivity contribution in [2.24, 2.45) is 0 Å². The number of ether oxygens (including phenoxy) is 4. The lowest BCUT2D eigenvalue weighted by atomic mass is 10.2. The van der Waals surface area contributed by atoms with Crippen LogP contribution in [0.2, 0.25) is 0 Å². The minimum Gasteiger partial charge on any atom is -0.444 e. The molecule has 4 aliphatic rings. The van der Waals surface area contributed by atoms with Gasteiger partial charge in [0.15, 0.2) is 0 Å². The molecule has 2 saturated heterocycles. The number of amides is 2. The molecule has 0 spiro atoms. The molecule has 2 aromatic rings. The lowest BCUT2D eigenvalue weighted by Crippen LogP contribution is -2.32. The average molecular weight is 586 g/mol. The molecule has 0 saturated carbocycles. The molecule has 224 valence electrons. The molecule has 6 heterocycles. The van der Waals surface area contributed by atoms with E-state index in [1.54, 1.807) is 0 Å². The molecular formula is C23H30N6O12. The highest BCUT2D eigenvalue weighted by atomic mass is 16.6. The first-order valence-electron chi connectivity index (χ1n) is 13.4. The van der Waals surface area contributed by atoms with Crippen LogP contribution in [0.4, 0.5) is 21.2 Å². The molecule has 6 atom stereocenters. The summed E-state index contributed by atoms with van der Waals surface area (Å²) in [5.41, 5.74) is -0.109. The summed E-state index contributed by atoms with van der Waals surface area (Å²) in [5, 5.41) is 36.6. The van der Waals surface area contributed by atoms with Crippen LogP contribution >= 0.6 is 0 Å². The number of carbonyl (C=O) groups excluding carboxylic acids is 2. The van der Waals surface area contributed by atoms with Gasteiger partial charge in [-0.2, -0.15) is 9.97 Å². The third-order valence-corrected chi connectivity index (χ3v) is 6.42. The summed E-state index contributed by atoms with van der Waals surface area (Å²) in [6, 6.07) is 0. The molecule has 41 heavy (non-hydrogen) atoms. The van der Waals surface area contributed by atoms with E-state index in [2.05, 4.69) is 25.7 Å². The molecule has 6 rings (SSSR count). The van der Waals surface area contributed by atoms with Gasteiger partial charge in [-0.3, -0.25) is 19.8 Å². The standard InChI is InChI=1S/C11H13N3O6.C11H13N3O5.CH4O/c15-3-7-6(16)1-8(20-7)14-2-5-4-19-11(18)13-9(5)12-10(14)17;1-5-7(15)2-8(19-5)14-3-6-4-18-11(17)13-9(6)12-10(14)16;1-2/h2,6-8,15-16H,1,3-4H2,(H,12,13,17,18);3,5,7-8,15H,2,4H2,1H3,(H,12,13,16,17);2H,1H3/t6-,7-,8-;5-,7-,8-;/m11./s1/i;1D;2T. The Hall–Kier alpha value is -3.94. The number of aromatic nitrogens is 4. The van der Waals surface area contributed by atoms with Gasteiger partial charge in [0, 0.05) is 44.8 Å². The van der Waals surface area contributed by atoms with Gasteiger partial charge >= 0.3 is 23.6 Å². The second kappa shape index (κ2) is 12.7. The predicted octanol–water partition coefficient (Wildman–Crippen LogP) is -1.47. The summed E-state index contributed by atoms with van der Waals surface area (Å²) in [7, 11) is 1.29. The number of carbonyl (C=O) groups is 2. The van der Waals surface area contributed by atoms with Gasteiger partial charge in [0.05, 0.1) is 24.9 Å². The SMILES string of the molecule is O=C1Nc2nc(=O)n([C@H]3C[C@@H](O)[C@@H](CO)O3)cc2CO1.[2H]C[C@H]1O[C@@H](n2cc3c(nc2=O)NC(=O)OC3)C[C@H]1O.[3H]OC. The number of anilines is 2. The second-order valence-electron chi connectivity index (χ2n) is 9.06. The summed E-state index contributed by atoms with van der Waals surface area (Å²) in [4.78, 5) is 53.5. The molecule has 2 aromatic heterocycles. The number of aliphatic hydroxyl groups excluding tert-OH is 4. The van der Waals surface area contributed by atoms with E-state index in [9.17, 15) is 29.4 Å². The van der Waals surface area contributed by atoms with Crippen LogP contribution < -0.4 is 22.0 Å². The highest BCUT2D eigenvalue weighted by Crippen LogP contribution is 2.29. The molecular weight excluding hydrogens is 552 g/mol. The van der Waals surface area contributed by atoms with Crippen molar-refractivity contribution < 1.29 is 50.3 Å². The van der Waals surface area contributed by atoms with Crippen molar-refractivity contribution in [2.75, 3.05) is 24.4 Å². The van der Waals surface area contributed by atoms with Crippen LogP contribution in [0, 0.1) is 0 Å². The van der Waals surface area contributed by atoms with Gasteiger partial charge in [-0.1, -0.05) is 0 Å². The van der Waals surface area contributed by atoms with Gasteiger partial charge in [-0.15, -0.1) is 0 Å². The molecule has 0 radical (unpaired) electrons. The van der Waals surface area contributed by atoms with Crippen molar-refractivity contribution in [3.8, 4) is 0 Å². The lowest BCUT2D eigenvalue weighted by molar-refractivity contribution is -0.0460. The van der Waals surface area contributed by atoms with Crippen LogP contribution in [-0.4, -0.2) is 91.3 Å². The Bertz CT molecular complexity index is 1330. The van der Waals surface area contributed by atoms with Crippen molar-refractivity contribution in [1.29, 1.82) is 1.43 Å². The van der Waals surface area contributed by atoms with Gasteiger partial charge in [-0.05, 0) is 6.90 Å². The monoisotopic (exact) mass is 585 g/mol. The predicted molar refractivity (Wildman–Crippen MR) is 135 cm³/mol. The minimum absolute atomic E-state index is 0.00709. The van der Waals surface area contributed by atoms with Crippen molar-refractivity contribution in [2.45, 2.75) is 69.8 Å². The number of aliphatic hydroxyl groups is 4. The van der Waals surface area contributed by atoms with Gasteiger partial charge in [0.1, 0.15) is 43.4 Å². The van der Waals surface area contributed by atoms with Crippen molar-refractivity contribution in [1.82, 2.24) is 19.1 Å². The fraction of sp³-hybridized carbons (Fsp3) is 0.565. The fourth-order valence-electron chi connectivity index (χ4n) is 4.35. The highest BCUT2D eigenvalue weighted by molar-refractivity contribution is 5.86. The van der Waals surface area contributed by atoms with E-state index in [1.807, 2.05) is 0 Å². The summed E-state index contributed by atoms with van der Waals surface area (Å²) >= 11 is 0. The zero-order valence-electron chi connectivity index (χ0n) is 23.7.